The summed E-state index contributed by atoms with van der Waals surface area (Å²) in [5.74, 6) is 0. The van der Waals surface area contributed by atoms with E-state index in [1.54, 1.807) is 0 Å². The Kier molecular flexibility index (Phi) is 11.8. The highest BCUT2D eigenvalue weighted by Gasteiger charge is 2.54. The maximum Gasteiger partial charge on any atom is 0.145 e. The Hall–Kier alpha value is -9.64. The standard InChI is InChI=1S/C85H74N2O2/c1-81(2,3)52-29-37-56(38-30-52)86(57-39-31-53(32-40-57)82(4,5)6)60-45-46-63-67(49-60)80-77(65-24-16-20-28-74(65)89-80)76-68-50-66-51(47-71(68)85(78(63)76)69-25-17-13-21-61(69)62-22-14-18-26-70(62)85)48-72(75-64-23-15-19-27-73(64)88-79(66)75)87(58-41-33-54(34-42-58)83(7,8)9)59-43-35-55(36-44-59)84(10,11)12/h13-50H,1-12H3. The molecule has 2 aliphatic rings. The van der Waals surface area contributed by atoms with Crippen LogP contribution in [0.5, 0.6) is 0 Å². The lowest BCUT2D eigenvalue weighted by molar-refractivity contribution is 0.590. The highest BCUT2D eigenvalue weighted by Crippen LogP contribution is 2.67. The van der Waals surface area contributed by atoms with Gasteiger partial charge in [0.25, 0.3) is 0 Å². The van der Waals surface area contributed by atoms with Crippen molar-refractivity contribution in [2.45, 2.75) is 110 Å². The van der Waals surface area contributed by atoms with E-state index < -0.39 is 5.41 Å². The Morgan fingerprint density at radius 1 is 0.303 bits per heavy atom. The van der Waals surface area contributed by atoms with Crippen molar-refractivity contribution in [3.63, 3.8) is 0 Å². The van der Waals surface area contributed by atoms with E-state index in [2.05, 4.69) is 323 Å². The van der Waals surface area contributed by atoms with E-state index in [9.17, 15) is 0 Å². The molecule has 2 heterocycles. The topological polar surface area (TPSA) is 32.8 Å². The van der Waals surface area contributed by atoms with E-state index in [1.807, 2.05) is 0 Å². The van der Waals surface area contributed by atoms with E-state index in [0.717, 1.165) is 99.5 Å². The van der Waals surface area contributed by atoms with Gasteiger partial charge in [0.2, 0.25) is 0 Å². The fourth-order valence-corrected chi connectivity index (χ4v) is 15.1. The number of rotatable bonds is 6. The second kappa shape index (κ2) is 19.2. The second-order valence-corrected chi connectivity index (χ2v) is 29.3. The molecule has 14 aromatic rings. The van der Waals surface area contributed by atoms with Crippen molar-refractivity contribution in [2.24, 2.45) is 0 Å². The number of nitrogens with zero attached hydrogens (tertiary/aromatic N) is 2. The van der Waals surface area contributed by atoms with Crippen LogP contribution in [-0.4, -0.2) is 0 Å². The molecule has 0 atom stereocenters. The van der Waals surface area contributed by atoms with Crippen molar-refractivity contribution in [3.8, 4) is 22.3 Å². The van der Waals surface area contributed by atoms with Gasteiger partial charge in [-0.25, -0.2) is 0 Å². The van der Waals surface area contributed by atoms with Crippen LogP contribution < -0.4 is 9.80 Å². The van der Waals surface area contributed by atoms with Crippen LogP contribution in [0.15, 0.2) is 239 Å². The molecule has 4 nitrogen and oxygen atoms in total. The first kappa shape index (κ1) is 54.7. The first-order valence-corrected chi connectivity index (χ1v) is 31.7. The van der Waals surface area contributed by atoms with Gasteiger partial charge in [-0.1, -0.05) is 223 Å². The normalized spacial score (nSPS) is 13.7. The van der Waals surface area contributed by atoms with Crippen LogP contribution >= 0.6 is 0 Å². The zero-order chi connectivity index (χ0) is 61.3. The van der Waals surface area contributed by atoms with Gasteiger partial charge in [-0.05, 0) is 190 Å². The smallest absolute Gasteiger partial charge is 0.145 e. The first-order valence-electron chi connectivity index (χ1n) is 31.7. The third kappa shape index (κ3) is 8.25. The van der Waals surface area contributed by atoms with E-state index in [4.69, 9.17) is 8.83 Å². The molecule has 0 saturated carbocycles. The summed E-state index contributed by atoms with van der Waals surface area (Å²) < 4.78 is 14.7. The highest BCUT2D eigenvalue weighted by atomic mass is 16.3. The molecule has 4 heteroatoms. The summed E-state index contributed by atoms with van der Waals surface area (Å²) in [4.78, 5) is 4.89. The van der Waals surface area contributed by atoms with Gasteiger partial charge < -0.3 is 18.6 Å². The summed E-state index contributed by atoms with van der Waals surface area (Å²) in [6.45, 7) is 27.4. The predicted octanol–water partition coefficient (Wildman–Crippen LogP) is 24.3. The van der Waals surface area contributed by atoms with E-state index in [1.165, 1.54) is 66.8 Å². The molecule has 2 aliphatic carbocycles. The van der Waals surface area contributed by atoms with Gasteiger partial charge in [-0.3, -0.25) is 0 Å². The van der Waals surface area contributed by atoms with Crippen molar-refractivity contribution in [2.75, 3.05) is 9.80 Å². The quantitative estimate of drug-likeness (QED) is 0.166. The largest absolute Gasteiger partial charge is 0.455 e. The average molecular weight is 1160 g/mol. The van der Waals surface area contributed by atoms with E-state index in [-0.39, 0.29) is 21.7 Å². The Bertz CT molecular complexity index is 5040. The van der Waals surface area contributed by atoms with Crippen molar-refractivity contribution in [3.05, 3.63) is 275 Å². The lowest BCUT2D eigenvalue weighted by Crippen LogP contribution is -2.26. The molecule has 16 rings (SSSR count). The minimum atomic E-state index is -0.738. The maximum absolute atomic E-state index is 7.38. The second-order valence-electron chi connectivity index (χ2n) is 29.3. The van der Waals surface area contributed by atoms with Gasteiger partial charge in [-0.15, -0.1) is 0 Å². The summed E-state index contributed by atoms with van der Waals surface area (Å²) in [5, 5.41) is 8.77. The number of furan rings is 2. The molecule has 89 heavy (non-hydrogen) atoms. The number of hydrogen-bond donors (Lipinski definition) is 0. The van der Waals surface area contributed by atoms with Crippen molar-refractivity contribution < 1.29 is 8.83 Å². The third-order valence-electron chi connectivity index (χ3n) is 19.7. The van der Waals surface area contributed by atoms with Crippen LogP contribution in [0.4, 0.5) is 34.1 Å². The van der Waals surface area contributed by atoms with E-state index in [0.29, 0.717) is 0 Å². The molecule has 0 N–H and O–H groups in total. The Morgan fingerprint density at radius 3 is 1.18 bits per heavy atom. The molecule has 0 radical (unpaired) electrons. The van der Waals surface area contributed by atoms with Crippen molar-refractivity contribution in [1.82, 2.24) is 0 Å². The Labute approximate surface area is 522 Å². The zero-order valence-electron chi connectivity index (χ0n) is 53.2. The van der Waals surface area contributed by atoms with Gasteiger partial charge in [0, 0.05) is 55.4 Å². The molecular formula is C85H74N2O2. The molecule has 2 aromatic heterocycles. The average Bonchev–Trinajstić information content (AvgIpc) is 1.49. The zero-order valence-corrected chi connectivity index (χ0v) is 53.2. The van der Waals surface area contributed by atoms with Gasteiger partial charge in [0.05, 0.1) is 16.5 Å². The van der Waals surface area contributed by atoms with Gasteiger partial charge in [0.1, 0.15) is 22.3 Å². The fraction of sp³-hybridized carbons (Fsp3) is 0.200. The molecule has 1 spiro atoms. The van der Waals surface area contributed by atoms with Crippen LogP contribution in [0.25, 0.3) is 87.7 Å². The minimum Gasteiger partial charge on any atom is -0.455 e. The summed E-state index contributed by atoms with van der Waals surface area (Å²) in [7, 11) is 0. The maximum atomic E-state index is 7.38. The van der Waals surface area contributed by atoms with Crippen LogP contribution in [0.1, 0.15) is 128 Å². The molecule has 0 fully saturated rings. The molecule has 0 aliphatic heterocycles. The van der Waals surface area contributed by atoms with Gasteiger partial charge in [-0.2, -0.15) is 0 Å². The number of para-hydroxylation sites is 2. The SMILES string of the molecule is CC(C)(C)c1ccc(N(c2ccc(C(C)(C)C)cc2)c2ccc3c4c(c5c6ccccc6oc5c3c2)-c2cc3c(cc2C42c4ccccc4-c4ccccc42)cc(N(c2ccc(C(C)(C)C)cc2)c2ccc(C(C)(C)C)cc2)c2c4ccccc4oc32)cc1. The van der Waals surface area contributed by atoms with Crippen LogP contribution in [0, 0.1) is 0 Å². The first-order chi connectivity index (χ1) is 42.7. The van der Waals surface area contributed by atoms with Gasteiger partial charge >= 0.3 is 0 Å². The fourth-order valence-electron chi connectivity index (χ4n) is 15.1. The third-order valence-corrected chi connectivity index (χ3v) is 19.7. The summed E-state index contributed by atoms with van der Waals surface area (Å²) >= 11 is 0. The van der Waals surface area contributed by atoms with Crippen LogP contribution in [0.2, 0.25) is 0 Å². The lowest BCUT2D eigenvalue weighted by atomic mass is 9.69. The number of benzene rings is 12. The molecule has 12 aromatic carbocycles. The predicted molar refractivity (Wildman–Crippen MR) is 376 cm³/mol. The van der Waals surface area contributed by atoms with Crippen molar-refractivity contribution in [1.29, 1.82) is 0 Å². The Balaban J connectivity index is 1.02. The summed E-state index contributed by atoms with van der Waals surface area (Å²) in [5.41, 5.74) is 24.3. The number of anilines is 6. The molecule has 0 amide bonds. The summed E-state index contributed by atoms with van der Waals surface area (Å²) in [6, 6.07) is 87.1. The number of fused-ring (bicyclic) bond motifs is 22. The summed E-state index contributed by atoms with van der Waals surface area (Å²) in [6.07, 6.45) is 0. The lowest BCUT2D eigenvalue weighted by Gasteiger charge is -2.32. The van der Waals surface area contributed by atoms with Crippen LogP contribution in [-0.2, 0) is 27.1 Å². The molecule has 0 unspecified atom stereocenters. The molecule has 0 saturated heterocycles. The molecule has 0 bridgehead atoms. The minimum absolute atomic E-state index is 0.00332. The number of hydrogen-bond acceptors (Lipinski definition) is 4. The molecular weight excluding hydrogens is 1080 g/mol. The highest BCUT2D eigenvalue weighted by molar-refractivity contribution is 6.28. The van der Waals surface area contributed by atoms with Crippen molar-refractivity contribution >= 4 is 99.5 Å². The monoisotopic (exact) mass is 1150 g/mol. The Morgan fingerprint density at radius 2 is 0.708 bits per heavy atom. The van der Waals surface area contributed by atoms with Gasteiger partial charge in [0.15, 0.2) is 0 Å². The van der Waals surface area contributed by atoms with Crippen LogP contribution in [0.3, 0.4) is 0 Å². The molecule has 436 valence electrons. The van der Waals surface area contributed by atoms with E-state index >= 15 is 0 Å².